The van der Waals surface area contributed by atoms with Gasteiger partial charge in [-0.2, -0.15) is 4.39 Å². The molecule has 1 atom stereocenters. The summed E-state index contributed by atoms with van der Waals surface area (Å²) in [6.07, 6.45) is 10.6. The molecule has 12 heteroatoms. The highest BCUT2D eigenvalue weighted by Crippen LogP contribution is 2.30. The first-order chi connectivity index (χ1) is 19.0. The third-order valence-corrected chi connectivity index (χ3v) is 7.71. The highest BCUT2D eigenvalue weighted by Gasteiger charge is 2.28. The Balaban J connectivity index is 1.14. The molecule has 39 heavy (non-hydrogen) atoms. The number of piperidine rings is 1. The molecule has 5 N–H and O–H groups in total. The van der Waals surface area contributed by atoms with Crippen LogP contribution in [0.15, 0.2) is 30.6 Å². The summed E-state index contributed by atoms with van der Waals surface area (Å²) in [5.41, 5.74) is 1.91. The lowest BCUT2D eigenvalue weighted by atomic mass is 9.90. The number of aromatic nitrogens is 4. The predicted octanol–water partition coefficient (Wildman–Crippen LogP) is 2.93. The lowest BCUT2D eigenvalue weighted by molar-refractivity contribution is -0.126. The van der Waals surface area contributed by atoms with Gasteiger partial charge >= 0.3 is 0 Å². The van der Waals surface area contributed by atoms with Crippen molar-refractivity contribution < 1.29 is 14.0 Å². The number of hydrogen-bond acceptors (Lipinski definition) is 8. The molecule has 3 fully saturated rings. The molecule has 3 aromatic heterocycles. The molecule has 0 bridgehead atoms. The van der Waals surface area contributed by atoms with Crippen molar-refractivity contribution in [3.8, 4) is 0 Å². The van der Waals surface area contributed by atoms with Crippen molar-refractivity contribution in [3.63, 3.8) is 0 Å². The number of fused-ring (bicyclic) bond motifs is 1. The smallest absolute Gasteiger partial charge is 0.276 e. The summed E-state index contributed by atoms with van der Waals surface area (Å²) in [5.74, 6) is -0.233. The second-order valence-corrected chi connectivity index (χ2v) is 10.8. The van der Waals surface area contributed by atoms with Gasteiger partial charge in [0, 0.05) is 48.7 Å². The van der Waals surface area contributed by atoms with Crippen molar-refractivity contribution in [1.82, 2.24) is 30.2 Å². The van der Waals surface area contributed by atoms with E-state index in [1.165, 1.54) is 23.0 Å². The van der Waals surface area contributed by atoms with Crippen LogP contribution in [0.1, 0.15) is 61.9 Å². The van der Waals surface area contributed by atoms with Gasteiger partial charge in [0.15, 0.2) is 11.3 Å². The molecule has 2 aliphatic carbocycles. The largest absolute Gasteiger partial charge is 0.379 e. The van der Waals surface area contributed by atoms with Gasteiger partial charge in [-0.25, -0.2) is 14.5 Å². The Hall–Kier alpha value is -3.80. The predicted molar refractivity (Wildman–Crippen MR) is 145 cm³/mol. The average Bonchev–Trinajstić information content (AvgIpc) is 3.65. The first kappa shape index (κ1) is 25.5. The fraction of sp³-hybridized carbons (Fsp3) is 0.519. The number of hydrogen-bond donors (Lipinski definition) is 5. The van der Waals surface area contributed by atoms with E-state index in [2.05, 4.69) is 36.6 Å². The maximum absolute atomic E-state index is 13.5. The number of anilines is 3. The van der Waals surface area contributed by atoms with Crippen LogP contribution in [-0.2, 0) is 4.79 Å². The Morgan fingerprint density at radius 1 is 0.974 bits per heavy atom. The first-order valence-corrected chi connectivity index (χ1v) is 13.9. The lowest BCUT2D eigenvalue weighted by Gasteiger charge is -2.31. The average molecular weight is 536 g/mol. The van der Waals surface area contributed by atoms with E-state index >= 15 is 0 Å². The minimum Gasteiger partial charge on any atom is -0.379 e. The SMILES string of the molecule is O=C(Nc1ccnc(F)c1)c1cnc2c(NC3CC3)cc(NC3CCC(NC(=O)C4CCCNC4)CC3)nn12. The molecule has 4 heterocycles. The van der Waals surface area contributed by atoms with Gasteiger partial charge in [-0.15, -0.1) is 5.10 Å². The number of carbonyl (C=O) groups is 2. The maximum Gasteiger partial charge on any atom is 0.276 e. The van der Waals surface area contributed by atoms with Gasteiger partial charge in [0.05, 0.1) is 17.8 Å². The molecular weight excluding hydrogens is 501 g/mol. The molecule has 3 aliphatic rings. The van der Waals surface area contributed by atoms with Gasteiger partial charge in [-0.05, 0) is 64.0 Å². The third kappa shape index (κ3) is 6.11. The van der Waals surface area contributed by atoms with Gasteiger partial charge in [0.2, 0.25) is 11.9 Å². The topological polar surface area (TPSA) is 137 Å². The van der Waals surface area contributed by atoms with E-state index in [0.717, 1.165) is 76.2 Å². The Morgan fingerprint density at radius 3 is 2.49 bits per heavy atom. The minimum atomic E-state index is -0.674. The molecule has 1 saturated heterocycles. The zero-order chi connectivity index (χ0) is 26.8. The second kappa shape index (κ2) is 11.1. The quantitative estimate of drug-likeness (QED) is 0.278. The molecule has 0 aromatic carbocycles. The summed E-state index contributed by atoms with van der Waals surface area (Å²) in [5, 5.41) is 21.0. The molecule has 0 spiro atoms. The van der Waals surface area contributed by atoms with Crippen molar-refractivity contribution in [2.24, 2.45) is 5.92 Å². The molecule has 206 valence electrons. The van der Waals surface area contributed by atoms with Gasteiger partial charge in [-0.3, -0.25) is 9.59 Å². The number of pyridine rings is 1. The van der Waals surface area contributed by atoms with Crippen LogP contribution in [0.3, 0.4) is 0 Å². The summed E-state index contributed by atoms with van der Waals surface area (Å²) in [6, 6.07) is 5.42. The molecular formula is C27H34FN9O2. The molecule has 2 amide bonds. The van der Waals surface area contributed by atoms with E-state index in [1.807, 2.05) is 6.07 Å². The van der Waals surface area contributed by atoms with Crippen LogP contribution in [0.25, 0.3) is 5.65 Å². The number of nitrogens with zero attached hydrogens (tertiary/aromatic N) is 4. The van der Waals surface area contributed by atoms with Crippen LogP contribution in [0.4, 0.5) is 21.6 Å². The number of nitrogens with one attached hydrogen (secondary N) is 5. The van der Waals surface area contributed by atoms with E-state index in [0.29, 0.717) is 23.2 Å². The van der Waals surface area contributed by atoms with Crippen LogP contribution in [-0.4, -0.2) is 62.6 Å². The molecule has 11 nitrogen and oxygen atoms in total. The molecule has 1 aliphatic heterocycles. The Kier molecular flexibility index (Phi) is 7.27. The van der Waals surface area contributed by atoms with Crippen molar-refractivity contribution in [2.45, 2.75) is 69.5 Å². The van der Waals surface area contributed by atoms with Gasteiger partial charge < -0.3 is 26.6 Å². The molecule has 2 saturated carbocycles. The van der Waals surface area contributed by atoms with Crippen molar-refractivity contribution in [2.75, 3.05) is 29.0 Å². The summed E-state index contributed by atoms with van der Waals surface area (Å²) in [6.45, 7) is 1.76. The van der Waals surface area contributed by atoms with E-state index < -0.39 is 11.9 Å². The molecule has 0 radical (unpaired) electrons. The summed E-state index contributed by atoms with van der Waals surface area (Å²) < 4.78 is 15.0. The Bertz CT molecular complexity index is 1340. The Morgan fingerprint density at radius 2 is 1.74 bits per heavy atom. The van der Waals surface area contributed by atoms with E-state index in [4.69, 9.17) is 5.10 Å². The minimum absolute atomic E-state index is 0.0714. The molecule has 3 aromatic rings. The first-order valence-electron chi connectivity index (χ1n) is 13.9. The summed E-state index contributed by atoms with van der Waals surface area (Å²) in [7, 11) is 0. The van der Waals surface area contributed by atoms with Crippen molar-refractivity contribution >= 4 is 34.7 Å². The highest BCUT2D eigenvalue weighted by molar-refractivity contribution is 6.03. The molecule has 1 unspecified atom stereocenters. The lowest BCUT2D eigenvalue weighted by Crippen LogP contribution is -2.46. The van der Waals surface area contributed by atoms with Crippen LogP contribution in [0, 0.1) is 11.9 Å². The number of carbonyl (C=O) groups excluding carboxylic acids is 2. The Labute approximate surface area is 225 Å². The number of imidazole rings is 1. The second-order valence-electron chi connectivity index (χ2n) is 10.8. The van der Waals surface area contributed by atoms with Crippen LogP contribution >= 0.6 is 0 Å². The third-order valence-electron chi connectivity index (χ3n) is 7.71. The van der Waals surface area contributed by atoms with Crippen molar-refractivity contribution in [3.05, 3.63) is 42.2 Å². The van der Waals surface area contributed by atoms with Crippen molar-refractivity contribution in [1.29, 1.82) is 0 Å². The van der Waals surface area contributed by atoms with Crippen LogP contribution < -0.4 is 26.6 Å². The number of amides is 2. The van der Waals surface area contributed by atoms with Gasteiger partial charge in [0.1, 0.15) is 5.82 Å². The summed E-state index contributed by atoms with van der Waals surface area (Å²) in [4.78, 5) is 33.7. The maximum atomic E-state index is 13.5. The monoisotopic (exact) mass is 535 g/mol. The highest BCUT2D eigenvalue weighted by atomic mass is 19.1. The summed E-state index contributed by atoms with van der Waals surface area (Å²) >= 11 is 0. The zero-order valence-corrected chi connectivity index (χ0v) is 21.8. The van der Waals surface area contributed by atoms with Crippen LogP contribution in [0.5, 0.6) is 0 Å². The number of rotatable bonds is 8. The van der Waals surface area contributed by atoms with Crippen LogP contribution in [0.2, 0.25) is 0 Å². The van der Waals surface area contributed by atoms with E-state index in [9.17, 15) is 14.0 Å². The zero-order valence-electron chi connectivity index (χ0n) is 21.8. The van der Waals surface area contributed by atoms with Gasteiger partial charge in [0.25, 0.3) is 5.91 Å². The van der Waals surface area contributed by atoms with E-state index in [-0.39, 0.29) is 29.6 Å². The number of halogens is 1. The fourth-order valence-corrected chi connectivity index (χ4v) is 5.41. The van der Waals surface area contributed by atoms with E-state index in [1.54, 1.807) is 0 Å². The standard InChI is InChI=1S/C27H34FN9O2/c28-23-12-20(9-11-30-23)35-27(39)22-15-31-25-21(32-17-3-4-17)13-24(36-37(22)25)33-18-5-7-19(8-6-18)34-26(38)16-2-1-10-29-14-16/h9,11-13,15-19,29,32H,1-8,10,14H2,(H,33,36)(H,34,38)(H,30,35,39). The van der Waals surface area contributed by atoms with Gasteiger partial charge in [-0.1, -0.05) is 0 Å². The fourth-order valence-electron chi connectivity index (χ4n) is 5.41. The molecule has 6 rings (SSSR count). The normalized spacial score (nSPS) is 23.3.